The maximum atomic E-state index is 13.1. The van der Waals surface area contributed by atoms with E-state index in [0.29, 0.717) is 30.3 Å². The van der Waals surface area contributed by atoms with E-state index in [1.165, 1.54) is 25.4 Å². The van der Waals surface area contributed by atoms with Crippen LogP contribution in [0, 0.1) is 5.82 Å². The van der Waals surface area contributed by atoms with Crippen LogP contribution < -0.4 is 26.0 Å². The van der Waals surface area contributed by atoms with Gasteiger partial charge in [0, 0.05) is 32.0 Å². The lowest BCUT2D eigenvalue weighted by atomic mass is 10.2. The number of benzene rings is 2. The molecule has 3 aromatic rings. The van der Waals surface area contributed by atoms with E-state index < -0.39 is 6.10 Å². The number of hydrogen-bond acceptors (Lipinski definition) is 8. The van der Waals surface area contributed by atoms with E-state index in [4.69, 9.17) is 4.74 Å². The van der Waals surface area contributed by atoms with Crippen molar-refractivity contribution < 1.29 is 19.0 Å². The maximum absolute atomic E-state index is 13.1. The molecule has 166 valence electrons. The standard InChI is InChI=1S/C22H23FN6O3/c1-24-21(31)17-11-27-22(29-20(17)26-9-13-2-4-14(23)5-3-13)28-15-6-7-19-18(8-15)25-10-16(30)12-32-19/h2-8,11,16,25,30H,9-10,12H2,1H3,(H,24,31)(H2,26,27,28,29). The zero-order valence-corrected chi connectivity index (χ0v) is 17.4. The molecule has 1 aliphatic rings. The number of ether oxygens (including phenoxy) is 1. The molecule has 0 fully saturated rings. The van der Waals surface area contributed by atoms with E-state index in [1.54, 1.807) is 24.3 Å². The number of aliphatic hydroxyl groups is 1. The maximum Gasteiger partial charge on any atom is 0.256 e. The Kier molecular flexibility index (Phi) is 6.31. The van der Waals surface area contributed by atoms with Crippen LogP contribution in [0.15, 0.2) is 48.7 Å². The molecular weight excluding hydrogens is 415 g/mol. The van der Waals surface area contributed by atoms with Crippen molar-refractivity contribution in [2.75, 3.05) is 36.1 Å². The molecule has 4 rings (SSSR count). The summed E-state index contributed by atoms with van der Waals surface area (Å²) in [6.45, 7) is 0.953. The number of nitrogens with one attached hydrogen (secondary N) is 4. The van der Waals surface area contributed by atoms with Gasteiger partial charge >= 0.3 is 0 Å². The minimum Gasteiger partial charge on any atom is -0.489 e. The van der Waals surface area contributed by atoms with Crippen LogP contribution in [0.5, 0.6) is 5.75 Å². The molecule has 0 spiro atoms. The van der Waals surface area contributed by atoms with Crippen molar-refractivity contribution in [2.45, 2.75) is 12.6 Å². The van der Waals surface area contributed by atoms with Gasteiger partial charge in [-0.3, -0.25) is 4.79 Å². The Hall–Kier alpha value is -3.92. The zero-order chi connectivity index (χ0) is 22.5. The minimum absolute atomic E-state index is 0.222. The Balaban J connectivity index is 1.54. The Morgan fingerprint density at radius 3 is 2.88 bits per heavy atom. The Morgan fingerprint density at radius 1 is 1.28 bits per heavy atom. The summed E-state index contributed by atoms with van der Waals surface area (Å²) in [5.74, 6) is 0.621. The molecule has 1 atom stereocenters. The fourth-order valence-corrected chi connectivity index (χ4v) is 3.14. The van der Waals surface area contributed by atoms with E-state index in [0.717, 1.165) is 11.3 Å². The first-order valence-electron chi connectivity index (χ1n) is 10.0. The molecule has 32 heavy (non-hydrogen) atoms. The number of aliphatic hydroxyl groups excluding tert-OH is 1. The van der Waals surface area contributed by atoms with Crippen LogP contribution in [0.3, 0.4) is 0 Å². The largest absolute Gasteiger partial charge is 0.489 e. The summed E-state index contributed by atoms with van der Waals surface area (Å²) < 4.78 is 18.7. The second kappa shape index (κ2) is 9.48. The van der Waals surface area contributed by atoms with Gasteiger partial charge in [0.2, 0.25) is 5.95 Å². The number of fused-ring (bicyclic) bond motifs is 1. The van der Waals surface area contributed by atoms with E-state index in [9.17, 15) is 14.3 Å². The summed E-state index contributed by atoms with van der Waals surface area (Å²) in [4.78, 5) is 20.9. The Bertz CT molecular complexity index is 1110. The lowest BCUT2D eigenvalue weighted by Crippen LogP contribution is -2.23. The second-order valence-electron chi connectivity index (χ2n) is 7.20. The number of amides is 1. The van der Waals surface area contributed by atoms with Crippen LogP contribution >= 0.6 is 0 Å². The quantitative estimate of drug-likeness (QED) is 0.398. The molecule has 0 radical (unpaired) electrons. The van der Waals surface area contributed by atoms with Gasteiger partial charge in [0.05, 0.1) is 5.69 Å². The van der Waals surface area contributed by atoms with E-state index in [2.05, 4.69) is 31.2 Å². The number of carbonyl (C=O) groups is 1. The van der Waals surface area contributed by atoms with Crippen molar-refractivity contribution in [1.82, 2.24) is 15.3 Å². The number of β-amino-alcohol motifs (C(OH)–C–C–N with tert-alkyl or cyclic N) is 1. The van der Waals surface area contributed by atoms with E-state index in [1.807, 2.05) is 6.07 Å². The number of halogens is 1. The molecular formula is C22H23FN6O3. The third kappa shape index (κ3) is 5.03. The molecule has 1 aliphatic heterocycles. The monoisotopic (exact) mass is 438 g/mol. The molecule has 0 aliphatic carbocycles. The molecule has 9 nitrogen and oxygen atoms in total. The predicted octanol–water partition coefficient (Wildman–Crippen LogP) is 2.50. The highest BCUT2D eigenvalue weighted by atomic mass is 19.1. The number of rotatable bonds is 6. The first-order valence-corrected chi connectivity index (χ1v) is 10.0. The molecule has 0 saturated heterocycles. The topological polar surface area (TPSA) is 120 Å². The fraction of sp³-hybridized carbons (Fsp3) is 0.227. The van der Waals surface area contributed by atoms with Gasteiger partial charge in [0.25, 0.3) is 5.91 Å². The van der Waals surface area contributed by atoms with E-state index >= 15 is 0 Å². The van der Waals surface area contributed by atoms with Gasteiger partial charge in [-0.25, -0.2) is 9.37 Å². The van der Waals surface area contributed by atoms with Crippen molar-refractivity contribution in [3.63, 3.8) is 0 Å². The average Bonchev–Trinajstić information content (AvgIpc) is 2.99. The van der Waals surface area contributed by atoms with E-state index in [-0.39, 0.29) is 29.8 Å². The van der Waals surface area contributed by atoms with Crippen LogP contribution in [0.25, 0.3) is 0 Å². The van der Waals surface area contributed by atoms with Crippen molar-refractivity contribution in [3.8, 4) is 5.75 Å². The SMILES string of the molecule is CNC(=O)c1cnc(Nc2ccc3c(c2)NCC(O)CO3)nc1NCc1ccc(F)cc1. The van der Waals surface area contributed by atoms with Gasteiger partial charge in [-0.15, -0.1) is 0 Å². The molecule has 1 amide bonds. The minimum atomic E-state index is -0.589. The van der Waals surface area contributed by atoms with Crippen LogP contribution in [0.1, 0.15) is 15.9 Å². The number of aromatic nitrogens is 2. The second-order valence-corrected chi connectivity index (χ2v) is 7.20. The molecule has 0 saturated carbocycles. The normalized spacial score (nSPS) is 14.9. The van der Waals surface area contributed by atoms with Crippen LogP contribution in [0.2, 0.25) is 0 Å². The van der Waals surface area contributed by atoms with Crippen molar-refractivity contribution >= 4 is 29.0 Å². The average molecular weight is 438 g/mol. The van der Waals surface area contributed by atoms with Crippen LogP contribution in [-0.2, 0) is 6.54 Å². The highest BCUT2D eigenvalue weighted by molar-refractivity contribution is 5.98. The van der Waals surface area contributed by atoms with Gasteiger partial charge in [-0.1, -0.05) is 12.1 Å². The number of nitrogens with zero attached hydrogens (tertiary/aromatic N) is 2. The van der Waals surface area contributed by atoms with Gasteiger partial charge in [-0.2, -0.15) is 4.98 Å². The summed E-state index contributed by atoms with van der Waals surface area (Å²) in [5.41, 5.74) is 2.56. The molecule has 1 aromatic heterocycles. The lowest BCUT2D eigenvalue weighted by molar-refractivity contribution is 0.0963. The highest BCUT2D eigenvalue weighted by Gasteiger charge is 2.16. The van der Waals surface area contributed by atoms with Gasteiger partial charge < -0.3 is 31.1 Å². The molecule has 2 heterocycles. The van der Waals surface area contributed by atoms with Crippen molar-refractivity contribution in [3.05, 3.63) is 65.6 Å². The van der Waals surface area contributed by atoms with Crippen molar-refractivity contribution in [2.24, 2.45) is 0 Å². The smallest absolute Gasteiger partial charge is 0.256 e. The first-order chi connectivity index (χ1) is 15.5. The number of carbonyl (C=O) groups excluding carboxylic acids is 1. The highest BCUT2D eigenvalue weighted by Crippen LogP contribution is 2.31. The predicted molar refractivity (Wildman–Crippen MR) is 119 cm³/mol. The van der Waals surface area contributed by atoms with Crippen LogP contribution in [0.4, 0.5) is 27.5 Å². The molecule has 0 bridgehead atoms. The van der Waals surface area contributed by atoms with Gasteiger partial charge in [0.1, 0.15) is 35.7 Å². The summed E-state index contributed by atoms with van der Waals surface area (Å²) in [6, 6.07) is 11.5. The van der Waals surface area contributed by atoms with Crippen molar-refractivity contribution in [1.29, 1.82) is 0 Å². The third-order valence-corrected chi connectivity index (χ3v) is 4.83. The third-order valence-electron chi connectivity index (χ3n) is 4.83. The summed E-state index contributed by atoms with van der Waals surface area (Å²) in [6.07, 6.45) is 0.844. The summed E-state index contributed by atoms with van der Waals surface area (Å²) >= 11 is 0. The number of anilines is 4. The molecule has 1 unspecified atom stereocenters. The Morgan fingerprint density at radius 2 is 2.09 bits per heavy atom. The Labute approximate surface area is 184 Å². The molecule has 2 aromatic carbocycles. The first kappa shape index (κ1) is 21.3. The summed E-state index contributed by atoms with van der Waals surface area (Å²) in [5, 5.41) is 21.7. The fourth-order valence-electron chi connectivity index (χ4n) is 3.14. The number of hydrogen-bond donors (Lipinski definition) is 5. The summed E-state index contributed by atoms with van der Waals surface area (Å²) in [7, 11) is 1.53. The van der Waals surface area contributed by atoms with Crippen LogP contribution in [-0.4, -0.2) is 47.3 Å². The lowest BCUT2D eigenvalue weighted by Gasteiger charge is -2.14. The molecule has 5 N–H and O–H groups in total. The van der Waals surface area contributed by atoms with Gasteiger partial charge in [-0.05, 0) is 35.9 Å². The molecule has 10 heteroatoms. The zero-order valence-electron chi connectivity index (χ0n) is 17.4. The van der Waals surface area contributed by atoms with Gasteiger partial charge in [0.15, 0.2) is 0 Å².